The molecule has 0 radical (unpaired) electrons. The zero-order valence-electron chi connectivity index (χ0n) is 10.3. The third-order valence-corrected chi connectivity index (χ3v) is 2.58. The van der Waals surface area contributed by atoms with Gasteiger partial charge in [-0.25, -0.2) is 0 Å². The number of nitrogens with two attached hydrogens (primary N) is 1. The van der Waals surface area contributed by atoms with Crippen LogP contribution in [0.4, 0.5) is 0 Å². The highest BCUT2D eigenvalue weighted by Gasteiger charge is 2.07. The van der Waals surface area contributed by atoms with E-state index in [2.05, 4.69) is 13.8 Å². The number of hydrogen-bond acceptors (Lipinski definition) is 3. The SMILES string of the molecule is CCOC(=O)CCCCC[C@H](N)C(C)C. The summed E-state index contributed by atoms with van der Waals surface area (Å²) >= 11 is 0. The number of ether oxygens (including phenoxy) is 1. The summed E-state index contributed by atoms with van der Waals surface area (Å²) in [5, 5.41) is 0. The van der Waals surface area contributed by atoms with E-state index in [0.717, 1.165) is 25.7 Å². The summed E-state index contributed by atoms with van der Waals surface area (Å²) in [4.78, 5) is 11.0. The molecule has 0 aromatic heterocycles. The monoisotopic (exact) mass is 215 g/mol. The highest BCUT2D eigenvalue weighted by molar-refractivity contribution is 5.69. The molecule has 0 aromatic rings. The van der Waals surface area contributed by atoms with Crippen LogP contribution in [0.15, 0.2) is 0 Å². The van der Waals surface area contributed by atoms with E-state index >= 15 is 0 Å². The lowest BCUT2D eigenvalue weighted by molar-refractivity contribution is -0.143. The van der Waals surface area contributed by atoms with Crippen LogP contribution in [0.3, 0.4) is 0 Å². The molecule has 0 fully saturated rings. The van der Waals surface area contributed by atoms with Gasteiger partial charge in [-0.1, -0.05) is 26.7 Å². The maximum Gasteiger partial charge on any atom is 0.305 e. The Balaban J connectivity index is 3.28. The fourth-order valence-corrected chi connectivity index (χ4v) is 1.39. The lowest BCUT2D eigenvalue weighted by atomic mass is 9.99. The van der Waals surface area contributed by atoms with Gasteiger partial charge < -0.3 is 10.5 Å². The van der Waals surface area contributed by atoms with E-state index in [9.17, 15) is 4.79 Å². The summed E-state index contributed by atoms with van der Waals surface area (Å²) in [5.74, 6) is 0.473. The Hall–Kier alpha value is -0.570. The van der Waals surface area contributed by atoms with Crippen molar-refractivity contribution in [3.63, 3.8) is 0 Å². The van der Waals surface area contributed by atoms with Crippen LogP contribution < -0.4 is 5.73 Å². The van der Waals surface area contributed by atoms with Gasteiger partial charge in [0.05, 0.1) is 6.61 Å². The van der Waals surface area contributed by atoms with E-state index in [1.807, 2.05) is 6.92 Å². The number of esters is 1. The van der Waals surface area contributed by atoms with E-state index in [4.69, 9.17) is 10.5 Å². The molecule has 0 unspecified atom stereocenters. The largest absolute Gasteiger partial charge is 0.466 e. The molecule has 0 heterocycles. The molecule has 0 amide bonds. The lowest BCUT2D eigenvalue weighted by Crippen LogP contribution is -2.25. The molecule has 0 saturated carbocycles. The van der Waals surface area contributed by atoms with E-state index in [-0.39, 0.29) is 5.97 Å². The molecule has 0 aliphatic rings. The van der Waals surface area contributed by atoms with E-state index in [1.54, 1.807) is 0 Å². The minimum absolute atomic E-state index is 0.0781. The van der Waals surface area contributed by atoms with Gasteiger partial charge in [0, 0.05) is 12.5 Å². The van der Waals surface area contributed by atoms with Crippen molar-refractivity contribution < 1.29 is 9.53 Å². The van der Waals surface area contributed by atoms with Gasteiger partial charge in [0.25, 0.3) is 0 Å². The molecular weight excluding hydrogens is 190 g/mol. The van der Waals surface area contributed by atoms with Crippen LogP contribution in [0, 0.1) is 5.92 Å². The van der Waals surface area contributed by atoms with Gasteiger partial charge in [-0.3, -0.25) is 4.79 Å². The van der Waals surface area contributed by atoms with Gasteiger partial charge in [-0.15, -0.1) is 0 Å². The second-order valence-corrected chi connectivity index (χ2v) is 4.31. The molecule has 3 nitrogen and oxygen atoms in total. The summed E-state index contributed by atoms with van der Waals surface area (Å²) in [6, 6.07) is 0.299. The summed E-state index contributed by atoms with van der Waals surface area (Å²) < 4.78 is 4.84. The van der Waals surface area contributed by atoms with Crippen LogP contribution in [0.1, 0.15) is 52.9 Å². The van der Waals surface area contributed by atoms with Crippen molar-refractivity contribution in [3.05, 3.63) is 0 Å². The molecule has 3 heteroatoms. The molecule has 0 rings (SSSR count). The maximum absolute atomic E-state index is 11.0. The minimum atomic E-state index is -0.0781. The minimum Gasteiger partial charge on any atom is -0.466 e. The Morgan fingerprint density at radius 2 is 1.93 bits per heavy atom. The molecule has 90 valence electrons. The first-order valence-electron chi connectivity index (χ1n) is 5.99. The van der Waals surface area contributed by atoms with Crippen LogP contribution in [0.25, 0.3) is 0 Å². The van der Waals surface area contributed by atoms with E-state index in [0.29, 0.717) is 25.0 Å². The highest BCUT2D eigenvalue weighted by Crippen LogP contribution is 2.10. The zero-order chi connectivity index (χ0) is 11.7. The van der Waals surface area contributed by atoms with Crippen molar-refractivity contribution in [2.45, 2.75) is 58.9 Å². The van der Waals surface area contributed by atoms with Crippen LogP contribution in [0.2, 0.25) is 0 Å². The molecule has 1 atom stereocenters. The summed E-state index contributed by atoms with van der Waals surface area (Å²) in [6.45, 7) is 6.60. The van der Waals surface area contributed by atoms with Gasteiger partial charge in [0.15, 0.2) is 0 Å². The molecular formula is C12H25NO2. The number of carbonyl (C=O) groups is 1. The lowest BCUT2D eigenvalue weighted by Gasteiger charge is -2.14. The second kappa shape index (κ2) is 8.72. The summed E-state index contributed by atoms with van der Waals surface area (Å²) in [5.41, 5.74) is 5.91. The first-order chi connectivity index (χ1) is 7.07. The smallest absolute Gasteiger partial charge is 0.305 e. The molecule has 0 saturated heterocycles. The van der Waals surface area contributed by atoms with E-state index < -0.39 is 0 Å². The Kier molecular flexibility index (Phi) is 8.38. The second-order valence-electron chi connectivity index (χ2n) is 4.31. The van der Waals surface area contributed by atoms with Crippen molar-refractivity contribution in [1.82, 2.24) is 0 Å². The number of unbranched alkanes of at least 4 members (excludes halogenated alkanes) is 2. The first kappa shape index (κ1) is 14.4. The Morgan fingerprint density at radius 1 is 1.27 bits per heavy atom. The zero-order valence-corrected chi connectivity index (χ0v) is 10.3. The standard InChI is InChI=1S/C12H25NO2/c1-4-15-12(14)9-7-5-6-8-11(13)10(2)3/h10-11H,4-9,13H2,1-3H3/t11-/m0/s1. The first-order valence-corrected chi connectivity index (χ1v) is 5.99. The van der Waals surface area contributed by atoms with Gasteiger partial charge in [-0.05, 0) is 25.7 Å². The molecule has 0 aliphatic carbocycles. The predicted octanol–water partition coefficient (Wildman–Crippen LogP) is 2.48. The molecule has 0 aromatic carbocycles. The fourth-order valence-electron chi connectivity index (χ4n) is 1.39. The molecule has 2 N–H and O–H groups in total. The van der Waals surface area contributed by atoms with Crippen molar-refractivity contribution in [2.75, 3.05) is 6.61 Å². The number of rotatable bonds is 8. The highest BCUT2D eigenvalue weighted by atomic mass is 16.5. The van der Waals surface area contributed by atoms with Crippen molar-refractivity contribution in [3.8, 4) is 0 Å². The maximum atomic E-state index is 11.0. The Labute approximate surface area is 93.4 Å². The van der Waals surface area contributed by atoms with Crippen LogP contribution in [-0.2, 0) is 9.53 Å². The van der Waals surface area contributed by atoms with Crippen molar-refractivity contribution >= 4 is 5.97 Å². The number of carbonyl (C=O) groups excluding carboxylic acids is 1. The van der Waals surface area contributed by atoms with Crippen LogP contribution in [-0.4, -0.2) is 18.6 Å². The van der Waals surface area contributed by atoms with Gasteiger partial charge in [0.2, 0.25) is 0 Å². The van der Waals surface area contributed by atoms with Crippen LogP contribution >= 0.6 is 0 Å². The summed E-state index contributed by atoms with van der Waals surface area (Å²) in [7, 11) is 0. The van der Waals surface area contributed by atoms with Gasteiger partial charge in [-0.2, -0.15) is 0 Å². The van der Waals surface area contributed by atoms with Gasteiger partial charge >= 0.3 is 5.97 Å². The molecule has 0 bridgehead atoms. The van der Waals surface area contributed by atoms with Crippen molar-refractivity contribution in [1.29, 1.82) is 0 Å². The quantitative estimate of drug-likeness (QED) is 0.500. The number of hydrogen-bond donors (Lipinski definition) is 1. The average molecular weight is 215 g/mol. The van der Waals surface area contributed by atoms with Crippen LogP contribution in [0.5, 0.6) is 0 Å². The molecule has 0 spiro atoms. The van der Waals surface area contributed by atoms with Gasteiger partial charge in [0.1, 0.15) is 0 Å². The third kappa shape index (κ3) is 8.43. The topological polar surface area (TPSA) is 52.3 Å². The Bertz CT molecular complexity index is 169. The normalized spacial score (nSPS) is 12.9. The van der Waals surface area contributed by atoms with Crippen molar-refractivity contribution in [2.24, 2.45) is 11.7 Å². The fraction of sp³-hybridized carbons (Fsp3) is 0.917. The summed E-state index contributed by atoms with van der Waals surface area (Å²) in [6.07, 6.45) is 4.70. The average Bonchev–Trinajstić information content (AvgIpc) is 2.17. The third-order valence-electron chi connectivity index (χ3n) is 2.58. The molecule has 0 aliphatic heterocycles. The molecule has 15 heavy (non-hydrogen) atoms. The van der Waals surface area contributed by atoms with E-state index in [1.165, 1.54) is 0 Å². The predicted molar refractivity (Wildman–Crippen MR) is 62.5 cm³/mol. The Morgan fingerprint density at radius 3 is 2.47 bits per heavy atom.